The molecule has 1 nitrogen and oxygen atoms in total. The maximum absolute atomic E-state index is 10.1. The quantitative estimate of drug-likeness (QED) is 0.869. The highest BCUT2D eigenvalue weighted by Gasteiger charge is 2.24. The number of hydrogen-bond acceptors (Lipinski definition) is 2. The van der Waals surface area contributed by atoms with Crippen molar-refractivity contribution in [2.75, 3.05) is 0 Å². The zero-order chi connectivity index (χ0) is 12.4. The first-order valence-corrected chi connectivity index (χ1v) is 7.55. The molecule has 2 heteroatoms. The number of benzene rings is 2. The van der Waals surface area contributed by atoms with Crippen molar-refractivity contribution in [1.29, 1.82) is 0 Å². The van der Waals surface area contributed by atoms with Crippen molar-refractivity contribution in [2.24, 2.45) is 0 Å². The lowest BCUT2D eigenvalue weighted by Gasteiger charge is -2.27. The second kappa shape index (κ2) is 5.33. The van der Waals surface area contributed by atoms with E-state index in [-0.39, 0.29) is 6.10 Å². The predicted molar refractivity (Wildman–Crippen MR) is 78.1 cm³/mol. The number of thioether (sulfide) groups is 1. The van der Waals surface area contributed by atoms with E-state index in [1.807, 2.05) is 11.8 Å². The molecule has 0 bridgehead atoms. The van der Waals surface area contributed by atoms with Gasteiger partial charge in [-0.3, -0.25) is 0 Å². The number of aliphatic hydroxyl groups is 1. The monoisotopic (exact) mass is 258 g/mol. The van der Waals surface area contributed by atoms with E-state index in [1.54, 1.807) is 0 Å². The van der Waals surface area contributed by atoms with Gasteiger partial charge in [0.05, 0.1) is 6.10 Å². The summed E-state index contributed by atoms with van der Waals surface area (Å²) in [5.41, 5.74) is 0. The molecule has 1 N–H and O–H groups in total. The maximum atomic E-state index is 10.1. The first-order valence-electron chi connectivity index (χ1n) is 6.67. The van der Waals surface area contributed by atoms with Crippen LogP contribution in [0.15, 0.2) is 47.4 Å². The highest BCUT2D eigenvalue weighted by Crippen LogP contribution is 2.37. The Morgan fingerprint density at radius 2 is 1.72 bits per heavy atom. The molecule has 1 aliphatic carbocycles. The van der Waals surface area contributed by atoms with Gasteiger partial charge in [0, 0.05) is 10.1 Å². The van der Waals surface area contributed by atoms with Crippen LogP contribution in [0.2, 0.25) is 0 Å². The molecule has 1 aliphatic rings. The van der Waals surface area contributed by atoms with Crippen molar-refractivity contribution in [3.05, 3.63) is 42.5 Å². The predicted octanol–water partition coefficient (Wildman–Crippen LogP) is 4.24. The van der Waals surface area contributed by atoms with Crippen LogP contribution in [0, 0.1) is 0 Å². The molecule has 0 radical (unpaired) electrons. The van der Waals surface area contributed by atoms with E-state index < -0.39 is 0 Å². The summed E-state index contributed by atoms with van der Waals surface area (Å²) >= 11 is 1.85. The van der Waals surface area contributed by atoms with E-state index >= 15 is 0 Å². The van der Waals surface area contributed by atoms with Gasteiger partial charge in [-0.25, -0.2) is 0 Å². The highest BCUT2D eigenvalue weighted by molar-refractivity contribution is 8.00. The lowest BCUT2D eigenvalue weighted by molar-refractivity contribution is 0.137. The first kappa shape index (κ1) is 12.1. The largest absolute Gasteiger partial charge is 0.392 e. The van der Waals surface area contributed by atoms with E-state index in [0.29, 0.717) is 5.25 Å². The van der Waals surface area contributed by atoms with Crippen LogP contribution in [0.5, 0.6) is 0 Å². The zero-order valence-electron chi connectivity index (χ0n) is 10.4. The Bertz CT molecular complexity index is 532. The minimum Gasteiger partial charge on any atom is -0.392 e. The molecule has 0 aromatic heterocycles. The lowest BCUT2D eigenvalue weighted by Crippen LogP contribution is -2.26. The van der Waals surface area contributed by atoms with E-state index in [2.05, 4.69) is 42.5 Å². The Kier molecular flexibility index (Phi) is 3.57. The molecule has 1 saturated carbocycles. The highest BCUT2D eigenvalue weighted by atomic mass is 32.2. The molecule has 94 valence electrons. The normalized spacial score (nSPS) is 24.3. The van der Waals surface area contributed by atoms with Gasteiger partial charge in [0.25, 0.3) is 0 Å². The third-order valence-electron chi connectivity index (χ3n) is 3.70. The minimum absolute atomic E-state index is 0.136. The summed E-state index contributed by atoms with van der Waals surface area (Å²) in [4.78, 5) is 1.30. The van der Waals surface area contributed by atoms with Gasteiger partial charge in [0.15, 0.2) is 0 Å². The first-order chi connectivity index (χ1) is 8.84. The van der Waals surface area contributed by atoms with Crippen molar-refractivity contribution in [1.82, 2.24) is 0 Å². The number of fused-ring (bicyclic) bond motifs is 1. The van der Waals surface area contributed by atoms with Crippen molar-refractivity contribution < 1.29 is 5.11 Å². The zero-order valence-corrected chi connectivity index (χ0v) is 11.2. The molecule has 3 rings (SSSR count). The summed E-state index contributed by atoms with van der Waals surface area (Å²) in [7, 11) is 0. The van der Waals surface area contributed by atoms with E-state index in [4.69, 9.17) is 0 Å². The molecule has 0 unspecified atom stereocenters. The molecule has 0 saturated heterocycles. The Hall–Kier alpha value is -0.990. The standard InChI is InChI=1S/C16H18OS/c17-14-9-3-4-10-16(14)18-15-11-5-7-12-6-1-2-8-13(12)15/h1-2,5-8,11,14,16-17H,3-4,9-10H2/t14-,16-/m1/s1. The van der Waals surface area contributed by atoms with Crippen LogP contribution in [-0.2, 0) is 0 Å². The minimum atomic E-state index is -0.136. The Morgan fingerprint density at radius 3 is 2.61 bits per heavy atom. The van der Waals surface area contributed by atoms with E-state index in [9.17, 15) is 5.11 Å². The molecule has 0 aliphatic heterocycles. The van der Waals surface area contributed by atoms with Gasteiger partial charge in [-0.2, -0.15) is 0 Å². The third-order valence-corrected chi connectivity index (χ3v) is 5.16. The molecular formula is C16H18OS. The average Bonchev–Trinajstić information content (AvgIpc) is 2.42. The molecule has 0 spiro atoms. The molecule has 18 heavy (non-hydrogen) atoms. The van der Waals surface area contributed by atoms with E-state index in [1.165, 1.54) is 28.5 Å². The molecule has 2 aromatic rings. The molecule has 0 heterocycles. The second-order valence-corrected chi connectivity index (χ2v) is 6.27. The van der Waals surface area contributed by atoms with Gasteiger partial charge in [0.1, 0.15) is 0 Å². The van der Waals surface area contributed by atoms with Crippen LogP contribution in [0.1, 0.15) is 25.7 Å². The second-order valence-electron chi connectivity index (χ2n) is 4.99. The molecule has 1 fully saturated rings. The van der Waals surface area contributed by atoms with Crippen LogP contribution in [0.3, 0.4) is 0 Å². The summed E-state index contributed by atoms with van der Waals surface area (Å²) in [5.74, 6) is 0. The van der Waals surface area contributed by atoms with Gasteiger partial charge in [0.2, 0.25) is 0 Å². The van der Waals surface area contributed by atoms with Gasteiger partial charge >= 0.3 is 0 Å². The summed E-state index contributed by atoms with van der Waals surface area (Å²) < 4.78 is 0. The summed E-state index contributed by atoms with van der Waals surface area (Å²) in [6, 6.07) is 14.9. The van der Waals surface area contributed by atoms with Gasteiger partial charge in [-0.1, -0.05) is 49.2 Å². The third kappa shape index (κ3) is 2.40. The summed E-state index contributed by atoms with van der Waals surface area (Å²) in [5, 5.41) is 13.0. The Labute approximate surface area is 112 Å². The SMILES string of the molecule is O[C@@H]1CCCC[C@H]1Sc1cccc2ccccc12. The van der Waals surface area contributed by atoms with E-state index in [0.717, 1.165) is 12.8 Å². The fourth-order valence-corrected chi connectivity index (χ4v) is 4.05. The lowest BCUT2D eigenvalue weighted by atomic mass is 9.97. The van der Waals surface area contributed by atoms with Crippen LogP contribution in [0.4, 0.5) is 0 Å². The van der Waals surface area contributed by atoms with Crippen LogP contribution < -0.4 is 0 Å². The molecule has 0 amide bonds. The van der Waals surface area contributed by atoms with Crippen molar-refractivity contribution >= 4 is 22.5 Å². The van der Waals surface area contributed by atoms with Crippen molar-refractivity contribution in [3.8, 4) is 0 Å². The number of rotatable bonds is 2. The fraction of sp³-hybridized carbons (Fsp3) is 0.375. The maximum Gasteiger partial charge on any atom is 0.0662 e. The number of hydrogen-bond donors (Lipinski definition) is 1. The van der Waals surface area contributed by atoms with Gasteiger partial charge in [-0.05, 0) is 29.7 Å². The Morgan fingerprint density at radius 1 is 0.944 bits per heavy atom. The van der Waals surface area contributed by atoms with Gasteiger partial charge in [-0.15, -0.1) is 11.8 Å². The molecule has 2 atom stereocenters. The fourth-order valence-electron chi connectivity index (χ4n) is 2.68. The summed E-state index contributed by atoms with van der Waals surface area (Å²) in [6.07, 6.45) is 4.38. The van der Waals surface area contributed by atoms with Gasteiger partial charge < -0.3 is 5.11 Å². The van der Waals surface area contributed by atoms with Crippen LogP contribution in [-0.4, -0.2) is 16.5 Å². The molecular weight excluding hydrogens is 240 g/mol. The number of aliphatic hydroxyl groups excluding tert-OH is 1. The van der Waals surface area contributed by atoms with Crippen LogP contribution in [0.25, 0.3) is 10.8 Å². The van der Waals surface area contributed by atoms with Crippen molar-refractivity contribution in [2.45, 2.75) is 41.9 Å². The smallest absolute Gasteiger partial charge is 0.0662 e. The topological polar surface area (TPSA) is 20.2 Å². The Balaban J connectivity index is 1.90. The average molecular weight is 258 g/mol. The van der Waals surface area contributed by atoms with Crippen molar-refractivity contribution in [3.63, 3.8) is 0 Å². The summed E-state index contributed by atoms with van der Waals surface area (Å²) in [6.45, 7) is 0. The van der Waals surface area contributed by atoms with Crippen LogP contribution >= 0.6 is 11.8 Å². The molecule has 2 aromatic carbocycles.